The Balaban J connectivity index is 1.68. The van der Waals surface area contributed by atoms with Gasteiger partial charge in [0, 0.05) is 13.0 Å². The van der Waals surface area contributed by atoms with E-state index in [1.54, 1.807) is 13.0 Å². The summed E-state index contributed by atoms with van der Waals surface area (Å²) in [6.07, 6.45) is -1.20. The minimum absolute atomic E-state index is 0.00404. The third kappa shape index (κ3) is 5.61. The molecule has 1 aliphatic rings. The summed E-state index contributed by atoms with van der Waals surface area (Å²) >= 11 is 0. The zero-order valence-electron chi connectivity index (χ0n) is 19.1. The predicted octanol–water partition coefficient (Wildman–Crippen LogP) is 0.416. The number of aliphatic hydroxyl groups excluding tert-OH is 1. The molecule has 34 heavy (non-hydrogen) atoms. The topological polar surface area (TPSA) is 157 Å². The molecule has 0 spiro atoms. The van der Waals surface area contributed by atoms with Crippen molar-refractivity contribution < 1.29 is 37.3 Å². The summed E-state index contributed by atoms with van der Waals surface area (Å²) in [4.78, 5) is 32.8. The Kier molecular flexibility index (Phi) is 7.69. The number of carbonyl (C=O) groups is 2. The number of anilines is 1. The molecule has 0 radical (unpaired) electrons. The minimum Gasteiger partial charge on any atom is -0.481 e. The number of benzene rings is 1. The fraction of sp³-hybridized carbons (Fsp3) is 0.429. The van der Waals surface area contributed by atoms with Gasteiger partial charge in [0.05, 0.1) is 31.3 Å². The third-order valence-corrected chi connectivity index (χ3v) is 7.16. The first kappa shape index (κ1) is 25.3. The van der Waals surface area contributed by atoms with Gasteiger partial charge in [0.1, 0.15) is 6.04 Å². The summed E-state index contributed by atoms with van der Waals surface area (Å²) in [7, 11) is -1.33. The van der Waals surface area contributed by atoms with Crippen LogP contribution in [-0.2, 0) is 24.3 Å². The lowest BCUT2D eigenvalue weighted by Gasteiger charge is -2.22. The van der Waals surface area contributed by atoms with Crippen molar-refractivity contribution in [1.29, 1.82) is 0 Å². The standard InChI is InChI=1S/C21H26N4O8S/c1-12-5-6-15(7-13(12)2)34(29,30)25-10-14(26)8-16(25)20(28)33-11-17(27)22-21-23-18(31-3)9-19(24-21)32-4/h5-7,9,14,16,26H,8,10-11H2,1-4H3,(H,22,23,24,27)/t14-,16+/m1/s1. The Bertz CT molecular complexity index is 1170. The number of ether oxygens (including phenoxy) is 3. The van der Waals surface area contributed by atoms with Crippen molar-refractivity contribution >= 4 is 27.8 Å². The number of hydrogen-bond acceptors (Lipinski definition) is 10. The Hall–Kier alpha value is -3.29. The number of sulfonamides is 1. The van der Waals surface area contributed by atoms with Gasteiger partial charge < -0.3 is 19.3 Å². The normalized spacial score (nSPS) is 18.4. The van der Waals surface area contributed by atoms with Crippen LogP contribution in [-0.4, -0.2) is 79.2 Å². The van der Waals surface area contributed by atoms with Gasteiger partial charge in [-0.1, -0.05) is 6.07 Å². The molecule has 0 bridgehead atoms. The summed E-state index contributed by atoms with van der Waals surface area (Å²) in [5.41, 5.74) is 1.69. The molecule has 1 aromatic heterocycles. The van der Waals surface area contributed by atoms with Crippen LogP contribution in [0.4, 0.5) is 5.95 Å². The number of esters is 1. The fourth-order valence-electron chi connectivity index (χ4n) is 3.34. The molecule has 2 heterocycles. The molecule has 1 amide bonds. The minimum atomic E-state index is -4.08. The van der Waals surface area contributed by atoms with Crippen LogP contribution in [0.5, 0.6) is 11.8 Å². The number of carbonyl (C=O) groups excluding carboxylic acids is 2. The molecule has 0 saturated carbocycles. The van der Waals surface area contributed by atoms with E-state index < -0.39 is 40.7 Å². The highest BCUT2D eigenvalue weighted by Crippen LogP contribution is 2.28. The SMILES string of the molecule is COc1cc(OC)nc(NC(=O)COC(=O)[C@@H]2C[C@@H](O)CN2S(=O)(=O)c2ccc(C)c(C)c2)n1. The highest BCUT2D eigenvalue weighted by Gasteiger charge is 2.44. The molecular weight excluding hydrogens is 468 g/mol. The quantitative estimate of drug-likeness (QED) is 0.493. The number of aromatic nitrogens is 2. The smallest absolute Gasteiger partial charge is 0.325 e. The first-order valence-electron chi connectivity index (χ1n) is 10.3. The molecule has 2 aromatic rings. The number of aryl methyl sites for hydroxylation is 2. The van der Waals surface area contributed by atoms with Gasteiger partial charge in [-0.15, -0.1) is 0 Å². The van der Waals surface area contributed by atoms with E-state index in [1.807, 2.05) is 6.92 Å². The Labute approximate surface area is 196 Å². The Morgan fingerprint density at radius 2 is 1.76 bits per heavy atom. The van der Waals surface area contributed by atoms with Crippen LogP contribution in [0.2, 0.25) is 0 Å². The van der Waals surface area contributed by atoms with E-state index in [4.69, 9.17) is 14.2 Å². The van der Waals surface area contributed by atoms with Gasteiger partial charge in [0.15, 0.2) is 6.61 Å². The van der Waals surface area contributed by atoms with E-state index in [2.05, 4.69) is 15.3 Å². The van der Waals surface area contributed by atoms with Gasteiger partial charge in [-0.3, -0.25) is 14.9 Å². The second-order valence-electron chi connectivity index (χ2n) is 7.66. The summed E-state index contributed by atoms with van der Waals surface area (Å²) in [5, 5.41) is 12.4. The van der Waals surface area contributed by atoms with Crippen LogP contribution in [0.3, 0.4) is 0 Å². The summed E-state index contributed by atoms with van der Waals surface area (Å²) in [5.74, 6) is -1.56. The molecule has 1 aliphatic heterocycles. The number of amides is 1. The number of nitrogens with zero attached hydrogens (tertiary/aromatic N) is 3. The van der Waals surface area contributed by atoms with Crippen LogP contribution < -0.4 is 14.8 Å². The number of aliphatic hydroxyl groups is 1. The van der Waals surface area contributed by atoms with Crippen LogP contribution in [0, 0.1) is 13.8 Å². The van der Waals surface area contributed by atoms with Crippen molar-refractivity contribution in [3.05, 3.63) is 35.4 Å². The van der Waals surface area contributed by atoms with E-state index in [0.29, 0.717) is 0 Å². The van der Waals surface area contributed by atoms with Crippen LogP contribution in [0.1, 0.15) is 17.5 Å². The van der Waals surface area contributed by atoms with E-state index in [-0.39, 0.29) is 35.6 Å². The molecule has 184 valence electrons. The maximum absolute atomic E-state index is 13.1. The van der Waals surface area contributed by atoms with E-state index in [9.17, 15) is 23.1 Å². The molecule has 1 saturated heterocycles. The van der Waals surface area contributed by atoms with Gasteiger partial charge in [0.25, 0.3) is 5.91 Å². The van der Waals surface area contributed by atoms with Gasteiger partial charge in [-0.05, 0) is 37.1 Å². The molecule has 1 aromatic carbocycles. The Morgan fingerprint density at radius 3 is 2.35 bits per heavy atom. The van der Waals surface area contributed by atoms with Gasteiger partial charge in [-0.2, -0.15) is 14.3 Å². The molecule has 3 rings (SSSR count). The lowest BCUT2D eigenvalue weighted by Crippen LogP contribution is -2.42. The van der Waals surface area contributed by atoms with Gasteiger partial charge >= 0.3 is 5.97 Å². The number of nitrogens with one attached hydrogen (secondary N) is 1. The molecule has 0 aliphatic carbocycles. The molecule has 2 N–H and O–H groups in total. The maximum atomic E-state index is 13.1. The van der Waals surface area contributed by atoms with Gasteiger partial charge in [-0.25, -0.2) is 8.42 Å². The maximum Gasteiger partial charge on any atom is 0.325 e. The molecule has 1 fully saturated rings. The van der Waals surface area contributed by atoms with E-state index in [1.165, 1.54) is 32.4 Å². The lowest BCUT2D eigenvalue weighted by molar-refractivity contribution is -0.150. The Morgan fingerprint density at radius 1 is 1.12 bits per heavy atom. The highest BCUT2D eigenvalue weighted by atomic mass is 32.2. The second kappa shape index (κ2) is 10.3. The summed E-state index contributed by atoms with van der Waals surface area (Å²) in [6.45, 7) is 2.65. The van der Waals surface area contributed by atoms with Crippen LogP contribution >= 0.6 is 0 Å². The first-order valence-corrected chi connectivity index (χ1v) is 11.7. The number of β-amino-alcohol motifs (C(OH)–C–C–N with tert-alkyl or cyclic N) is 1. The molecular formula is C21H26N4O8S. The third-order valence-electron chi connectivity index (χ3n) is 5.28. The fourth-order valence-corrected chi connectivity index (χ4v) is 5.05. The molecule has 2 atom stereocenters. The zero-order chi connectivity index (χ0) is 25.0. The van der Waals surface area contributed by atoms with Crippen LogP contribution in [0.25, 0.3) is 0 Å². The van der Waals surface area contributed by atoms with Crippen LogP contribution in [0.15, 0.2) is 29.2 Å². The molecule has 13 heteroatoms. The lowest BCUT2D eigenvalue weighted by atomic mass is 10.1. The van der Waals surface area contributed by atoms with Crippen molar-refractivity contribution in [3.8, 4) is 11.8 Å². The average molecular weight is 495 g/mol. The number of methoxy groups -OCH3 is 2. The van der Waals surface area contributed by atoms with Crippen molar-refractivity contribution in [3.63, 3.8) is 0 Å². The first-order chi connectivity index (χ1) is 16.0. The molecule has 0 unspecified atom stereocenters. The highest BCUT2D eigenvalue weighted by molar-refractivity contribution is 7.89. The number of hydrogen-bond donors (Lipinski definition) is 2. The number of rotatable bonds is 8. The van der Waals surface area contributed by atoms with Crippen molar-refractivity contribution in [2.24, 2.45) is 0 Å². The van der Waals surface area contributed by atoms with E-state index >= 15 is 0 Å². The molecule has 12 nitrogen and oxygen atoms in total. The second-order valence-corrected chi connectivity index (χ2v) is 9.55. The average Bonchev–Trinajstić information content (AvgIpc) is 3.21. The summed E-state index contributed by atoms with van der Waals surface area (Å²) in [6, 6.07) is 4.75. The van der Waals surface area contributed by atoms with Gasteiger partial charge in [0.2, 0.25) is 27.7 Å². The van der Waals surface area contributed by atoms with Crippen molar-refractivity contribution in [2.75, 3.05) is 32.7 Å². The monoisotopic (exact) mass is 494 g/mol. The van der Waals surface area contributed by atoms with Crippen molar-refractivity contribution in [2.45, 2.75) is 37.3 Å². The predicted molar refractivity (Wildman–Crippen MR) is 119 cm³/mol. The van der Waals surface area contributed by atoms with Crippen molar-refractivity contribution in [1.82, 2.24) is 14.3 Å². The zero-order valence-corrected chi connectivity index (χ0v) is 20.0. The summed E-state index contributed by atoms with van der Waals surface area (Å²) < 4.78 is 42.2. The van der Waals surface area contributed by atoms with E-state index in [0.717, 1.165) is 15.4 Å². The largest absolute Gasteiger partial charge is 0.481 e.